The first-order valence-corrected chi connectivity index (χ1v) is 11.9. The molecule has 0 aliphatic carbocycles. The average Bonchev–Trinajstić information content (AvgIpc) is 3.25. The molecule has 0 bridgehead atoms. The van der Waals surface area contributed by atoms with Gasteiger partial charge in [0.15, 0.2) is 0 Å². The summed E-state index contributed by atoms with van der Waals surface area (Å²) in [5, 5.41) is 5.53. The Morgan fingerprint density at radius 3 is 2.55 bits per heavy atom. The number of nitrogens with zero attached hydrogens (tertiary/aromatic N) is 3. The van der Waals surface area contributed by atoms with Crippen LogP contribution in [0.5, 0.6) is 0 Å². The van der Waals surface area contributed by atoms with Crippen molar-refractivity contribution in [2.75, 3.05) is 13.1 Å². The second-order valence-electron chi connectivity index (χ2n) is 7.83. The summed E-state index contributed by atoms with van der Waals surface area (Å²) in [5.41, 5.74) is 4.33. The van der Waals surface area contributed by atoms with Crippen LogP contribution < -0.4 is 0 Å². The van der Waals surface area contributed by atoms with E-state index >= 15 is 0 Å². The molecular weight excluding hydrogens is 457 g/mol. The zero-order valence-electron chi connectivity index (χ0n) is 18.0. The Balaban J connectivity index is 1.57. The van der Waals surface area contributed by atoms with Gasteiger partial charge in [-0.2, -0.15) is 5.10 Å². The molecule has 3 aromatic carbocycles. The van der Waals surface area contributed by atoms with Crippen LogP contribution in [-0.4, -0.2) is 33.7 Å². The van der Waals surface area contributed by atoms with Crippen molar-refractivity contribution in [3.8, 4) is 16.9 Å². The standard InChI is InChI=1S/C26H21ClFN3OS/c1-2-30-14-13-17-15-18(3-12-23(17)26(30)32)25-24(33-22-10-4-19(27)5-11-22)16-31(29-25)21-8-6-20(28)7-9-21/h3-12,15-16H,2,13-14H2,1H3. The highest BCUT2D eigenvalue weighted by atomic mass is 35.5. The molecule has 166 valence electrons. The van der Waals surface area contributed by atoms with Crippen LogP contribution in [0.3, 0.4) is 0 Å². The molecule has 2 heterocycles. The lowest BCUT2D eigenvalue weighted by Gasteiger charge is -2.27. The summed E-state index contributed by atoms with van der Waals surface area (Å²) in [5.74, 6) is -0.208. The third-order valence-corrected chi connectivity index (χ3v) is 7.02. The van der Waals surface area contributed by atoms with E-state index in [2.05, 4.69) is 6.07 Å². The minimum Gasteiger partial charge on any atom is -0.339 e. The average molecular weight is 478 g/mol. The number of halogens is 2. The number of carbonyl (C=O) groups excluding carboxylic acids is 1. The summed E-state index contributed by atoms with van der Waals surface area (Å²) in [7, 11) is 0. The summed E-state index contributed by atoms with van der Waals surface area (Å²) >= 11 is 7.64. The summed E-state index contributed by atoms with van der Waals surface area (Å²) in [6.45, 7) is 3.44. The number of rotatable bonds is 5. The van der Waals surface area contributed by atoms with E-state index in [0.717, 1.165) is 50.8 Å². The number of benzene rings is 3. The largest absolute Gasteiger partial charge is 0.339 e. The quantitative estimate of drug-likeness (QED) is 0.329. The van der Waals surface area contributed by atoms with Crippen molar-refractivity contribution in [2.24, 2.45) is 0 Å². The van der Waals surface area contributed by atoms with Crippen molar-refractivity contribution in [3.05, 3.63) is 94.9 Å². The number of amides is 1. The van der Waals surface area contributed by atoms with E-state index < -0.39 is 0 Å². The van der Waals surface area contributed by atoms with Crippen LogP contribution in [0.4, 0.5) is 4.39 Å². The van der Waals surface area contributed by atoms with Gasteiger partial charge in [0.2, 0.25) is 0 Å². The van der Waals surface area contributed by atoms with Gasteiger partial charge < -0.3 is 4.90 Å². The molecule has 0 N–H and O–H groups in total. The van der Waals surface area contributed by atoms with Gasteiger partial charge in [-0.15, -0.1) is 0 Å². The fraction of sp³-hybridized carbons (Fsp3) is 0.154. The van der Waals surface area contributed by atoms with Crippen LogP contribution >= 0.6 is 23.4 Å². The third kappa shape index (κ3) is 4.41. The molecular formula is C26H21ClFN3OS. The topological polar surface area (TPSA) is 38.1 Å². The number of carbonyl (C=O) groups is 1. The Hall–Kier alpha value is -3.09. The van der Waals surface area contributed by atoms with Crippen molar-refractivity contribution in [2.45, 2.75) is 23.1 Å². The molecule has 0 fully saturated rings. The van der Waals surface area contributed by atoms with Crippen LogP contribution in [0.25, 0.3) is 16.9 Å². The van der Waals surface area contributed by atoms with Gasteiger partial charge in [0.05, 0.1) is 10.6 Å². The first-order valence-electron chi connectivity index (χ1n) is 10.7. The second kappa shape index (κ2) is 9.04. The summed E-state index contributed by atoms with van der Waals surface area (Å²) in [4.78, 5) is 16.6. The zero-order chi connectivity index (χ0) is 22.9. The van der Waals surface area contributed by atoms with E-state index in [1.807, 2.05) is 54.4 Å². The van der Waals surface area contributed by atoms with E-state index in [1.54, 1.807) is 28.6 Å². The van der Waals surface area contributed by atoms with Gasteiger partial charge in [-0.3, -0.25) is 4.79 Å². The molecule has 5 rings (SSSR count). The highest BCUT2D eigenvalue weighted by Gasteiger charge is 2.24. The monoisotopic (exact) mass is 477 g/mol. The molecule has 4 aromatic rings. The van der Waals surface area contributed by atoms with Gasteiger partial charge in [-0.05, 0) is 79.6 Å². The first kappa shape index (κ1) is 21.7. The Bertz CT molecular complexity index is 1320. The number of hydrogen-bond acceptors (Lipinski definition) is 3. The van der Waals surface area contributed by atoms with Crippen molar-refractivity contribution in [1.29, 1.82) is 0 Å². The maximum atomic E-state index is 13.4. The zero-order valence-corrected chi connectivity index (χ0v) is 19.5. The molecule has 1 aliphatic rings. The van der Waals surface area contributed by atoms with Gasteiger partial charge in [0.1, 0.15) is 11.5 Å². The molecule has 33 heavy (non-hydrogen) atoms. The predicted molar refractivity (Wildman–Crippen MR) is 130 cm³/mol. The van der Waals surface area contributed by atoms with Crippen molar-refractivity contribution in [3.63, 3.8) is 0 Å². The molecule has 0 saturated carbocycles. The van der Waals surface area contributed by atoms with Crippen LogP contribution in [0.2, 0.25) is 5.02 Å². The van der Waals surface area contributed by atoms with Gasteiger partial charge in [0.25, 0.3) is 5.91 Å². The second-order valence-corrected chi connectivity index (χ2v) is 9.38. The summed E-state index contributed by atoms with van der Waals surface area (Å²) < 4.78 is 15.2. The Morgan fingerprint density at radius 1 is 1.06 bits per heavy atom. The number of likely N-dealkylation sites (N-methyl/N-ethyl adjacent to an activating group) is 1. The summed E-state index contributed by atoms with van der Waals surface area (Å²) in [6, 6.07) is 19.8. The van der Waals surface area contributed by atoms with E-state index in [1.165, 1.54) is 12.1 Å². The highest BCUT2D eigenvalue weighted by Crippen LogP contribution is 2.37. The molecule has 0 spiro atoms. The Kier molecular flexibility index (Phi) is 5.96. The van der Waals surface area contributed by atoms with Crippen LogP contribution in [0.15, 0.2) is 82.7 Å². The first-order chi connectivity index (χ1) is 16.0. The molecule has 1 aliphatic heterocycles. The van der Waals surface area contributed by atoms with Gasteiger partial charge in [-0.1, -0.05) is 29.4 Å². The predicted octanol–water partition coefficient (Wildman–Crippen LogP) is 6.50. The number of hydrogen-bond donors (Lipinski definition) is 0. The maximum Gasteiger partial charge on any atom is 0.254 e. The van der Waals surface area contributed by atoms with Crippen LogP contribution in [-0.2, 0) is 6.42 Å². The maximum absolute atomic E-state index is 13.4. The van der Waals surface area contributed by atoms with E-state index in [-0.39, 0.29) is 11.7 Å². The molecule has 7 heteroatoms. The fourth-order valence-electron chi connectivity index (χ4n) is 3.97. The summed E-state index contributed by atoms with van der Waals surface area (Å²) in [6.07, 6.45) is 2.77. The normalized spacial score (nSPS) is 13.3. The van der Waals surface area contributed by atoms with Crippen LogP contribution in [0, 0.1) is 5.82 Å². The molecule has 1 aromatic heterocycles. The molecule has 0 saturated heterocycles. The Labute approximate surface area is 201 Å². The lowest BCUT2D eigenvalue weighted by molar-refractivity contribution is 0.0749. The van der Waals surface area contributed by atoms with E-state index in [0.29, 0.717) is 11.6 Å². The van der Waals surface area contributed by atoms with Crippen molar-refractivity contribution in [1.82, 2.24) is 14.7 Å². The SMILES string of the molecule is CCN1CCc2cc(-c3nn(-c4ccc(F)cc4)cc3Sc3ccc(Cl)cc3)ccc2C1=O. The lowest BCUT2D eigenvalue weighted by atomic mass is 9.96. The van der Waals surface area contributed by atoms with E-state index in [9.17, 15) is 9.18 Å². The van der Waals surface area contributed by atoms with Gasteiger partial charge in [-0.25, -0.2) is 9.07 Å². The molecule has 0 atom stereocenters. The van der Waals surface area contributed by atoms with Crippen molar-refractivity contribution >= 4 is 29.3 Å². The smallest absolute Gasteiger partial charge is 0.254 e. The third-order valence-electron chi connectivity index (χ3n) is 5.74. The minimum absolute atomic E-state index is 0.0814. The highest BCUT2D eigenvalue weighted by molar-refractivity contribution is 7.99. The fourth-order valence-corrected chi connectivity index (χ4v) is 5.03. The van der Waals surface area contributed by atoms with Crippen LogP contribution in [0.1, 0.15) is 22.8 Å². The molecule has 1 amide bonds. The Morgan fingerprint density at radius 2 is 1.82 bits per heavy atom. The van der Waals surface area contributed by atoms with Gasteiger partial charge in [0, 0.05) is 40.3 Å². The number of aromatic nitrogens is 2. The number of fused-ring (bicyclic) bond motifs is 1. The molecule has 4 nitrogen and oxygen atoms in total. The molecule has 0 radical (unpaired) electrons. The molecule has 0 unspecified atom stereocenters. The minimum atomic E-state index is -0.289. The van der Waals surface area contributed by atoms with Crippen molar-refractivity contribution < 1.29 is 9.18 Å². The van der Waals surface area contributed by atoms with E-state index in [4.69, 9.17) is 16.7 Å². The lowest BCUT2D eigenvalue weighted by Crippen LogP contribution is -2.37. The van der Waals surface area contributed by atoms with Gasteiger partial charge >= 0.3 is 0 Å².